The lowest BCUT2D eigenvalue weighted by atomic mass is 10.1. The smallest absolute Gasteiger partial charge is 0.257 e. The van der Waals surface area contributed by atoms with Crippen LogP contribution in [0.4, 0.5) is 5.69 Å². The average molecular weight is 510 g/mol. The SMILES string of the molecule is CCCCCCCOc1cccc(NC(=S)NC(=O)c2ccc(C)c(I)c2)c1. The molecular weight excluding hydrogens is 483 g/mol. The standard InChI is InChI=1S/C22H27IN2O2S/c1-3-4-5-6-7-13-27-19-10-8-9-18(15-19)24-22(28)25-21(26)17-12-11-16(2)20(23)14-17/h8-12,14-15H,3-7,13H2,1-2H3,(H2,24,25,26,28). The molecule has 0 saturated carbocycles. The van der Waals surface area contributed by atoms with Gasteiger partial charge < -0.3 is 10.1 Å². The van der Waals surface area contributed by atoms with E-state index < -0.39 is 0 Å². The highest BCUT2D eigenvalue weighted by Gasteiger charge is 2.09. The Balaban J connectivity index is 1.82. The second kappa shape index (κ2) is 12.0. The fraction of sp³-hybridized carbons (Fsp3) is 0.364. The first kappa shape index (κ1) is 22.6. The van der Waals surface area contributed by atoms with E-state index in [4.69, 9.17) is 17.0 Å². The van der Waals surface area contributed by atoms with E-state index in [0.717, 1.165) is 27.0 Å². The Hall–Kier alpha value is -1.67. The van der Waals surface area contributed by atoms with Crippen molar-refractivity contribution in [2.75, 3.05) is 11.9 Å². The lowest BCUT2D eigenvalue weighted by Crippen LogP contribution is -2.34. The number of benzene rings is 2. The number of rotatable bonds is 9. The maximum atomic E-state index is 12.4. The highest BCUT2D eigenvalue weighted by molar-refractivity contribution is 14.1. The summed E-state index contributed by atoms with van der Waals surface area (Å²) < 4.78 is 6.86. The van der Waals surface area contributed by atoms with Crippen molar-refractivity contribution in [2.24, 2.45) is 0 Å². The van der Waals surface area contributed by atoms with E-state index in [0.29, 0.717) is 12.2 Å². The molecule has 0 unspecified atom stereocenters. The first-order valence-electron chi connectivity index (χ1n) is 9.61. The Bertz CT molecular complexity index is 811. The van der Waals surface area contributed by atoms with Crippen molar-refractivity contribution >= 4 is 51.5 Å². The van der Waals surface area contributed by atoms with E-state index in [-0.39, 0.29) is 11.0 Å². The zero-order valence-electron chi connectivity index (χ0n) is 16.4. The molecule has 0 spiro atoms. The Morgan fingerprint density at radius 1 is 1.11 bits per heavy atom. The van der Waals surface area contributed by atoms with Crippen LogP contribution in [0.25, 0.3) is 0 Å². The van der Waals surface area contributed by atoms with Crippen molar-refractivity contribution in [3.63, 3.8) is 0 Å². The number of nitrogens with one attached hydrogen (secondary N) is 2. The van der Waals surface area contributed by atoms with Gasteiger partial charge in [0.2, 0.25) is 0 Å². The molecule has 2 aromatic carbocycles. The normalized spacial score (nSPS) is 10.4. The number of aryl methyl sites for hydroxylation is 1. The largest absolute Gasteiger partial charge is 0.494 e. The maximum absolute atomic E-state index is 12.4. The lowest BCUT2D eigenvalue weighted by molar-refractivity contribution is 0.0977. The summed E-state index contributed by atoms with van der Waals surface area (Å²) in [6, 6.07) is 13.2. The second-order valence-electron chi connectivity index (χ2n) is 6.66. The topological polar surface area (TPSA) is 50.4 Å². The van der Waals surface area contributed by atoms with Gasteiger partial charge in [0.1, 0.15) is 5.75 Å². The number of anilines is 1. The van der Waals surface area contributed by atoms with Gasteiger partial charge in [-0.1, -0.05) is 44.7 Å². The van der Waals surface area contributed by atoms with Crippen LogP contribution < -0.4 is 15.4 Å². The molecule has 0 radical (unpaired) electrons. The number of carbonyl (C=O) groups is 1. The Kier molecular flexibility index (Phi) is 9.70. The van der Waals surface area contributed by atoms with Crippen LogP contribution in [-0.2, 0) is 0 Å². The van der Waals surface area contributed by atoms with Crippen LogP contribution in [-0.4, -0.2) is 17.6 Å². The molecule has 2 aromatic rings. The molecular formula is C22H27IN2O2S. The van der Waals surface area contributed by atoms with E-state index in [2.05, 4.69) is 40.1 Å². The van der Waals surface area contributed by atoms with E-state index in [9.17, 15) is 4.79 Å². The van der Waals surface area contributed by atoms with Gasteiger partial charge in [0, 0.05) is 20.9 Å². The molecule has 150 valence electrons. The molecule has 0 bridgehead atoms. The van der Waals surface area contributed by atoms with Crippen LogP contribution in [0.2, 0.25) is 0 Å². The zero-order valence-corrected chi connectivity index (χ0v) is 19.4. The van der Waals surface area contributed by atoms with Crippen molar-refractivity contribution in [2.45, 2.75) is 46.0 Å². The quantitative estimate of drug-likeness (QED) is 0.244. The van der Waals surface area contributed by atoms with Crippen LogP contribution >= 0.6 is 34.8 Å². The Morgan fingerprint density at radius 3 is 2.64 bits per heavy atom. The zero-order chi connectivity index (χ0) is 20.4. The van der Waals surface area contributed by atoms with E-state index in [1.54, 1.807) is 6.07 Å². The predicted molar refractivity (Wildman–Crippen MR) is 128 cm³/mol. The van der Waals surface area contributed by atoms with Crippen LogP contribution in [0.5, 0.6) is 5.75 Å². The first-order valence-corrected chi connectivity index (χ1v) is 11.1. The number of hydrogen-bond acceptors (Lipinski definition) is 3. The number of carbonyl (C=O) groups excluding carboxylic acids is 1. The molecule has 2 rings (SSSR count). The lowest BCUT2D eigenvalue weighted by Gasteiger charge is -2.12. The highest BCUT2D eigenvalue weighted by atomic mass is 127. The molecule has 28 heavy (non-hydrogen) atoms. The minimum atomic E-state index is -0.227. The second-order valence-corrected chi connectivity index (χ2v) is 8.23. The predicted octanol–water partition coefficient (Wildman–Crippen LogP) is 6.08. The molecule has 6 heteroatoms. The van der Waals surface area contributed by atoms with Gasteiger partial charge in [-0.3, -0.25) is 10.1 Å². The fourth-order valence-corrected chi connectivity index (χ4v) is 3.36. The summed E-state index contributed by atoms with van der Waals surface area (Å²) in [5, 5.41) is 6.03. The number of thiocarbonyl (C=S) groups is 1. The molecule has 0 aromatic heterocycles. The number of unbranched alkanes of at least 4 members (excludes halogenated alkanes) is 4. The molecule has 0 aliphatic rings. The number of ether oxygens (including phenoxy) is 1. The molecule has 4 nitrogen and oxygen atoms in total. The molecule has 0 saturated heterocycles. The Labute approximate surface area is 186 Å². The average Bonchev–Trinajstić information content (AvgIpc) is 2.67. The van der Waals surface area contributed by atoms with Crippen molar-refractivity contribution in [3.05, 3.63) is 57.2 Å². The first-order chi connectivity index (χ1) is 13.5. The van der Waals surface area contributed by atoms with Gasteiger partial charge in [0.15, 0.2) is 5.11 Å². The summed E-state index contributed by atoms with van der Waals surface area (Å²) in [4.78, 5) is 12.4. The van der Waals surface area contributed by atoms with Crippen molar-refractivity contribution in [1.29, 1.82) is 0 Å². The maximum Gasteiger partial charge on any atom is 0.257 e. The molecule has 0 fully saturated rings. The van der Waals surface area contributed by atoms with Crippen molar-refractivity contribution in [3.8, 4) is 5.75 Å². The van der Waals surface area contributed by atoms with Gasteiger partial charge in [-0.15, -0.1) is 0 Å². The van der Waals surface area contributed by atoms with Crippen LogP contribution in [0, 0.1) is 10.5 Å². The highest BCUT2D eigenvalue weighted by Crippen LogP contribution is 2.18. The molecule has 2 N–H and O–H groups in total. The third-order valence-corrected chi connectivity index (χ3v) is 5.64. The molecule has 0 aliphatic carbocycles. The van der Waals surface area contributed by atoms with E-state index in [1.165, 1.54) is 25.7 Å². The summed E-state index contributed by atoms with van der Waals surface area (Å²) >= 11 is 7.49. The number of halogens is 1. The summed E-state index contributed by atoms with van der Waals surface area (Å²) in [6.07, 6.45) is 6.04. The van der Waals surface area contributed by atoms with Gasteiger partial charge in [-0.25, -0.2) is 0 Å². The van der Waals surface area contributed by atoms with Gasteiger partial charge in [-0.2, -0.15) is 0 Å². The van der Waals surface area contributed by atoms with Gasteiger partial charge in [0.05, 0.1) is 6.61 Å². The van der Waals surface area contributed by atoms with E-state index in [1.807, 2.05) is 43.3 Å². The summed E-state index contributed by atoms with van der Waals surface area (Å²) in [6.45, 7) is 4.93. The third kappa shape index (κ3) is 7.75. The van der Waals surface area contributed by atoms with Gasteiger partial charge in [-0.05, 0) is 78.0 Å². The summed E-state index contributed by atoms with van der Waals surface area (Å²) in [7, 11) is 0. The third-order valence-electron chi connectivity index (χ3n) is 4.27. The van der Waals surface area contributed by atoms with Crippen LogP contribution in [0.3, 0.4) is 0 Å². The fourth-order valence-electron chi connectivity index (χ4n) is 2.63. The van der Waals surface area contributed by atoms with E-state index >= 15 is 0 Å². The summed E-state index contributed by atoms with van der Waals surface area (Å²) in [5.74, 6) is 0.567. The minimum Gasteiger partial charge on any atom is -0.494 e. The van der Waals surface area contributed by atoms with Crippen molar-refractivity contribution in [1.82, 2.24) is 5.32 Å². The van der Waals surface area contributed by atoms with Crippen LogP contribution in [0.15, 0.2) is 42.5 Å². The van der Waals surface area contributed by atoms with Gasteiger partial charge >= 0.3 is 0 Å². The van der Waals surface area contributed by atoms with Gasteiger partial charge in [0.25, 0.3) is 5.91 Å². The summed E-state index contributed by atoms with van der Waals surface area (Å²) in [5.41, 5.74) is 2.51. The van der Waals surface area contributed by atoms with Crippen LogP contribution in [0.1, 0.15) is 54.9 Å². The number of amides is 1. The Morgan fingerprint density at radius 2 is 1.89 bits per heavy atom. The molecule has 0 aliphatic heterocycles. The molecule has 0 atom stereocenters. The van der Waals surface area contributed by atoms with Crippen molar-refractivity contribution < 1.29 is 9.53 Å². The number of hydrogen-bond donors (Lipinski definition) is 2. The molecule has 1 amide bonds. The molecule has 0 heterocycles. The minimum absolute atomic E-state index is 0.227. The monoisotopic (exact) mass is 510 g/mol.